The fraction of sp³-hybridized carbons (Fsp3) is 0.250. The van der Waals surface area contributed by atoms with Crippen LogP contribution in [0.1, 0.15) is 18.1 Å². The average Bonchev–Trinajstić information content (AvgIpc) is 2.33. The molecule has 0 atom stereocenters. The summed E-state index contributed by atoms with van der Waals surface area (Å²) in [5.74, 6) is 0.980. The van der Waals surface area contributed by atoms with Crippen LogP contribution < -0.4 is 4.74 Å². The van der Waals surface area contributed by atoms with Crippen LogP contribution in [0.2, 0.25) is 0 Å². The van der Waals surface area contributed by atoms with Gasteiger partial charge < -0.3 is 4.74 Å². The quantitative estimate of drug-likeness (QED) is 0.755. The number of benzene rings is 2. The lowest BCUT2D eigenvalue weighted by Gasteiger charge is -2.13. The second kappa shape index (κ2) is 5.05. The van der Waals surface area contributed by atoms with Crippen molar-refractivity contribution in [3.63, 3.8) is 0 Å². The van der Waals surface area contributed by atoms with Gasteiger partial charge in [-0.05, 0) is 49.1 Å². The van der Waals surface area contributed by atoms with Crippen LogP contribution in [0.3, 0.4) is 0 Å². The van der Waals surface area contributed by atoms with Crippen molar-refractivity contribution in [1.82, 2.24) is 0 Å². The van der Waals surface area contributed by atoms with Crippen LogP contribution in [-0.2, 0) is 0 Å². The van der Waals surface area contributed by atoms with Gasteiger partial charge in [0.25, 0.3) is 0 Å². The Hall–Kier alpha value is -1.76. The standard InChI is InChI=1S/C16H18O/c1-4-17-16-11-7-10-15(13(16)3)14-9-6-5-8-12(14)2/h5-11H,4H2,1-3H3. The minimum Gasteiger partial charge on any atom is -0.494 e. The lowest BCUT2D eigenvalue weighted by atomic mass is 9.96. The molecule has 2 aromatic rings. The van der Waals surface area contributed by atoms with E-state index < -0.39 is 0 Å². The van der Waals surface area contributed by atoms with Gasteiger partial charge in [0.05, 0.1) is 6.61 Å². The highest BCUT2D eigenvalue weighted by molar-refractivity contribution is 5.72. The van der Waals surface area contributed by atoms with Gasteiger partial charge in [-0.3, -0.25) is 0 Å². The molecule has 0 heterocycles. The van der Waals surface area contributed by atoms with Gasteiger partial charge in [0.1, 0.15) is 5.75 Å². The summed E-state index contributed by atoms with van der Waals surface area (Å²) >= 11 is 0. The van der Waals surface area contributed by atoms with Gasteiger partial charge in [0.15, 0.2) is 0 Å². The number of rotatable bonds is 3. The first kappa shape index (κ1) is 11.7. The van der Waals surface area contributed by atoms with Crippen LogP contribution in [-0.4, -0.2) is 6.61 Å². The first-order chi connectivity index (χ1) is 8.24. The molecule has 2 rings (SSSR count). The maximum absolute atomic E-state index is 5.64. The maximum atomic E-state index is 5.64. The number of hydrogen-bond donors (Lipinski definition) is 0. The SMILES string of the molecule is CCOc1cccc(-c2ccccc2C)c1C. The third kappa shape index (κ3) is 2.33. The van der Waals surface area contributed by atoms with E-state index in [2.05, 4.69) is 50.2 Å². The monoisotopic (exact) mass is 226 g/mol. The molecule has 0 spiro atoms. The summed E-state index contributed by atoms with van der Waals surface area (Å²) in [5.41, 5.74) is 5.05. The molecule has 0 aliphatic rings. The molecule has 0 aliphatic heterocycles. The zero-order valence-electron chi connectivity index (χ0n) is 10.7. The second-order valence-electron chi connectivity index (χ2n) is 4.18. The molecule has 17 heavy (non-hydrogen) atoms. The van der Waals surface area contributed by atoms with E-state index in [9.17, 15) is 0 Å². The fourth-order valence-corrected chi connectivity index (χ4v) is 2.09. The zero-order valence-corrected chi connectivity index (χ0v) is 10.7. The Morgan fingerprint density at radius 3 is 2.29 bits per heavy atom. The van der Waals surface area contributed by atoms with Crippen LogP contribution in [0.4, 0.5) is 0 Å². The van der Waals surface area contributed by atoms with Gasteiger partial charge in [-0.25, -0.2) is 0 Å². The summed E-state index contributed by atoms with van der Waals surface area (Å²) in [6.45, 7) is 6.98. The minimum atomic E-state index is 0.706. The van der Waals surface area contributed by atoms with Crippen molar-refractivity contribution < 1.29 is 4.74 Å². The van der Waals surface area contributed by atoms with E-state index in [4.69, 9.17) is 4.74 Å². The lowest BCUT2D eigenvalue weighted by Crippen LogP contribution is -1.95. The molecule has 0 saturated carbocycles. The fourth-order valence-electron chi connectivity index (χ4n) is 2.09. The molecule has 0 amide bonds. The highest BCUT2D eigenvalue weighted by atomic mass is 16.5. The van der Waals surface area contributed by atoms with Gasteiger partial charge >= 0.3 is 0 Å². The van der Waals surface area contributed by atoms with E-state index in [1.54, 1.807) is 0 Å². The predicted octanol–water partition coefficient (Wildman–Crippen LogP) is 4.37. The first-order valence-corrected chi connectivity index (χ1v) is 6.02. The molecule has 0 radical (unpaired) electrons. The van der Waals surface area contributed by atoms with E-state index in [0.29, 0.717) is 6.61 Å². The first-order valence-electron chi connectivity index (χ1n) is 6.02. The molecule has 0 bridgehead atoms. The van der Waals surface area contributed by atoms with Gasteiger partial charge in [0, 0.05) is 0 Å². The van der Waals surface area contributed by atoms with Crippen LogP contribution in [0.5, 0.6) is 5.75 Å². The van der Waals surface area contributed by atoms with E-state index >= 15 is 0 Å². The summed E-state index contributed by atoms with van der Waals surface area (Å²) in [7, 11) is 0. The Morgan fingerprint density at radius 1 is 0.882 bits per heavy atom. The third-order valence-electron chi connectivity index (χ3n) is 3.02. The molecule has 0 saturated heterocycles. The van der Waals surface area contributed by atoms with Gasteiger partial charge in [0.2, 0.25) is 0 Å². The van der Waals surface area contributed by atoms with E-state index in [0.717, 1.165) is 5.75 Å². The van der Waals surface area contributed by atoms with E-state index in [1.807, 2.05) is 13.0 Å². The Bertz CT molecular complexity index is 515. The molecule has 0 fully saturated rings. The van der Waals surface area contributed by atoms with Crippen molar-refractivity contribution >= 4 is 0 Å². The smallest absolute Gasteiger partial charge is 0.122 e. The van der Waals surface area contributed by atoms with Crippen molar-refractivity contribution in [3.8, 4) is 16.9 Å². The molecule has 88 valence electrons. The van der Waals surface area contributed by atoms with Crippen LogP contribution in [0.25, 0.3) is 11.1 Å². The molecule has 1 nitrogen and oxygen atoms in total. The summed E-state index contributed by atoms with van der Waals surface area (Å²) in [4.78, 5) is 0. The highest BCUT2D eigenvalue weighted by Crippen LogP contribution is 2.31. The largest absolute Gasteiger partial charge is 0.494 e. The zero-order chi connectivity index (χ0) is 12.3. The number of ether oxygens (including phenoxy) is 1. The highest BCUT2D eigenvalue weighted by Gasteiger charge is 2.08. The summed E-state index contributed by atoms with van der Waals surface area (Å²) in [5, 5.41) is 0. The summed E-state index contributed by atoms with van der Waals surface area (Å²) in [6.07, 6.45) is 0. The molecular weight excluding hydrogens is 208 g/mol. The Labute approximate surface area is 103 Å². The topological polar surface area (TPSA) is 9.23 Å². The molecule has 1 heteroatoms. The van der Waals surface area contributed by atoms with Crippen molar-refractivity contribution in [2.75, 3.05) is 6.61 Å². The summed E-state index contributed by atoms with van der Waals surface area (Å²) < 4.78 is 5.64. The van der Waals surface area contributed by atoms with Crippen molar-refractivity contribution in [2.45, 2.75) is 20.8 Å². The molecule has 2 aromatic carbocycles. The Balaban J connectivity index is 2.53. The Kier molecular flexibility index (Phi) is 3.48. The van der Waals surface area contributed by atoms with Crippen LogP contribution >= 0.6 is 0 Å². The maximum Gasteiger partial charge on any atom is 0.122 e. The van der Waals surface area contributed by atoms with Gasteiger partial charge in [-0.2, -0.15) is 0 Å². The summed E-state index contributed by atoms with van der Waals surface area (Å²) in [6, 6.07) is 14.7. The van der Waals surface area contributed by atoms with Crippen molar-refractivity contribution in [1.29, 1.82) is 0 Å². The number of aryl methyl sites for hydroxylation is 1. The van der Waals surface area contributed by atoms with Crippen LogP contribution in [0.15, 0.2) is 42.5 Å². The Morgan fingerprint density at radius 2 is 1.59 bits per heavy atom. The molecule has 0 aromatic heterocycles. The number of hydrogen-bond acceptors (Lipinski definition) is 1. The molecular formula is C16H18O. The molecule has 0 aliphatic carbocycles. The van der Waals surface area contributed by atoms with E-state index in [1.165, 1.54) is 22.3 Å². The van der Waals surface area contributed by atoms with Gasteiger partial charge in [-0.15, -0.1) is 0 Å². The lowest BCUT2D eigenvalue weighted by molar-refractivity contribution is 0.338. The third-order valence-corrected chi connectivity index (χ3v) is 3.02. The second-order valence-corrected chi connectivity index (χ2v) is 4.18. The minimum absolute atomic E-state index is 0.706. The predicted molar refractivity (Wildman–Crippen MR) is 72.5 cm³/mol. The average molecular weight is 226 g/mol. The van der Waals surface area contributed by atoms with E-state index in [-0.39, 0.29) is 0 Å². The van der Waals surface area contributed by atoms with Gasteiger partial charge in [-0.1, -0.05) is 36.4 Å². The molecule has 0 unspecified atom stereocenters. The van der Waals surface area contributed by atoms with Crippen LogP contribution in [0, 0.1) is 13.8 Å². The molecule has 0 N–H and O–H groups in total. The normalized spacial score (nSPS) is 10.3. The van der Waals surface area contributed by atoms with Crippen molar-refractivity contribution in [3.05, 3.63) is 53.6 Å². The van der Waals surface area contributed by atoms with Crippen molar-refractivity contribution in [2.24, 2.45) is 0 Å².